The predicted molar refractivity (Wildman–Crippen MR) is 57.3 cm³/mol. The van der Waals surface area contributed by atoms with Crippen molar-refractivity contribution in [2.24, 2.45) is 0 Å². The van der Waals surface area contributed by atoms with Crippen LogP contribution in [0.4, 0.5) is 5.69 Å². The molecule has 0 unspecified atom stereocenters. The maximum atomic E-state index is 4.35. The van der Waals surface area contributed by atoms with E-state index >= 15 is 0 Å². The Balaban J connectivity index is 2.53. The summed E-state index contributed by atoms with van der Waals surface area (Å²) in [7, 11) is 0. The molecule has 2 heterocycles. The van der Waals surface area contributed by atoms with E-state index in [2.05, 4.69) is 29.4 Å². The molecule has 0 spiro atoms. The molecule has 1 aromatic heterocycles. The zero-order valence-electron chi connectivity index (χ0n) is 7.86. The first-order valence-electron chi connectivity index (χ1n) is 4.61. The third-order valence-corrected chi connectivity index (χ3v) is 2.47. The van der Waals surface area contributed by atoms with Crippen LogP contribution in [0.25, 0.3) is 17.0 Å². The van der Waals surface area contributed by atoms with E-state index < -0.39 is 0 Å². The highest BCUT2D eigenvalue weighted by Gasteiger charge is 2.09. The van der Waals surface area contributed by atoms with Crippen molar-refractivity contribution in [2.75, 3.05) is 0 Å². The molecule has 0 fully saturated rings. The van der Waals surface area contributed by atoms with Crippen LogP contribution < -0.4 is 5.32 Å². The van der Waals surface area contributed by atoms with Gasteiger partial charge in [-0.1, -0.05) is 0 Å². The van der Waals surface area contributed by atoms with Crippen molar-refractivity contribution >= 4 is 22.7 Å². The zero-order chi connectivity index (χ0) is 9.54. The van der Waals surface area contributed by atoms with Gasteiger partial charge in [0, 0.05) is 17.8 Å². The van der Waals surface area contributed by atoms with Gasteiger partial charge in [-0.2, -0.15) is 0 Å². The number of nitrogens with zero attached hydrogens (tertiary/aromatic N) is 2. The Kier molecular flexibility index (Phi) is 1.39. The largest absolute Gasteiger partial charge is 0.256 e. The van der Waals surface area contributed by atoms with Gasteiger partial charge in [-0.3, -0.25) is 10.3 Å². The number of hydrogen-bond acceptors (Lipinski definition) is 1. The monoisotopic (exact) mass is 181 g/mol. The fourth-order valence-electron chi connectivity index (χ4n) is 1.87. The van der Waals surface area contributed by atoms with Crippen LogP contribution in [0.15, 0.2) is 30.6 Å². The molecule has 0 atom stereocenters. The minimum atomic E-state index is 1.03. The Morgan fingerprint density at radius 2 is 2.14 bits per heavy atom. The van der Waals surface area contributed by atoms with E-state index in [4.69, 9.17) is 0 Å². The van der Waals surface area contributed by atoms with Gasteiger partial charge in [0.1, 0.15) is 0 Å². The van der Waals surface area contributed by atoms with Crippen LogP contribution in [0.2, 0.25) is 0 Å². The number of benzene rings is 1. The molecule has 3 rings (SSSR count). The van der Waals surface area contributed by atoms with Crippen molar-refractivity contribution in [3.8, 4) is 0 Å². The van der Waals surface area contributed by atoms with Gasteiger partial charge in [0.05, 0.1) is 11.2 Å². The molecule has 14 heavy (non-hydrogen) atoms. The van der Waals surface area contributed by atoms with Crippen molar-refractivity contribution in [1.29, 1.82) is 0 Å². The smallest absolute Gasteiger partial charge is 0.0732 e. The van der Waals surface area contributed by atoms with Crippen LogP contribution in [-0.4, -0.2) is 4.98 Å². The molecule has 1 radical (unpaired) electrons. The van der Waals surface area contributed by atoms with Gasteiger partial charge >= 0.3 is 0 Å². The van der Waals surface area contributed by atoms with E-state index in [9.17, 15) is 0 Å². The lowest BCUT2D eigenvalue weighted by Gasteiger charge is -2.12. The van der Waals surface area contributed by atoms with Crippen molar-refractivity contribution in [3.05, 3.63) is 41.7 Å². The maximum absolute atomic E-state index is 4.35. The fourth-order valence-corrected chi connectivity index (χ4v) is 1.87. The van der Waals surface area contributed by atoms with Crippen molar-refractivity contribution < 1.29 is 0 Å². The summed E-state index contributed by atoms with van der Waals surface area (Å²) < 4.78 is 0. The molecule has 2 aromatic rings. The van der Waals surface area contributed by atoms with Crippen LogP contribution >= 0.6 is 0 Å². The Morgan fingerprint density at radius 3 is 3.07 bits per heavy atom. The number of hydrogen-bond donors (Lipinski definition) is 0. The highest BCUT2D eigenvalue weighted by Crippen LogP contribution is 2.30. The third kappa shape index (κ3) is 0.940. The highest BCUT2D eigenvalue weighted by atomic mass is 14.9. The van der Waals surface area contributed by atoms with Crippen molar-refractivity contribution in [3.63, 3.8) is 0 Å². The molecule has 0 saturated heterocycles. The third-order valence-electron chi connectivity index (χ3n) is 2.47. The lowest BCUT2D eigenvalue weighted by Crippen LogP contribution is -1.96. The Labute approximate surface area is 82.3 Å². The van der Waals surface area contributed by atoms with Crippen LogP contribution in [-0.2, 0) is 0 Å². The average Bonchev–Trinajstić information content (AvgIpc) is 2.18. The Morgan fingerprint density at radius 1 is 1.21 bits per heavy atom. The van der Waals surface area contributed by atoms with Crippen LogP contribution in [0.1, 0.15) is 11.1 Å². The molecule has 0 aliphatic carbocycles. The molecule has 0 amide bonds. The lowest BCUT2D eigenvalue weighted by atomic mass is 10.0. The summed E-state index contributed by atoms with van der Waals surface area (Å²) in [5.41, 5.74) is 4.48. The van der Waals surface area contributed by atoms with Gasteiger partial charge in [0.15, 0.2) is 0 Å². The van der Waals surface area contributed by atoms with E-state index in [1.54, 1.807) is 0 Å². The SMILES string of the molecule is Cc1cc2c3c(ccnc3c1)C=C[N]2. The van der Waals surface area contributed by atoms with E-state index in [1.165, 1.54) is 16.5 Å². The van der Waals surface area contributed by atoms with Crippen molar-refractivity contribution in [1.82, 2.24) is 10.3 Å². The summed E-state index contributed by atoms with van der Waals surface area (Å²) >= 11 is 0. The zero-order valence-corrected chi connectivity index (χ0v) is 7.86. The van der Waals surface area contributed by atoms with Crippen LogP contribution in [0.5, 0.6) is 0 Å². The molecule has 1 aromatic carbocycles. The molecule has 1 aliphatic rings. The number of pyridine rings is 1. The van der Waals surface area contributed by atoms with Crippen molar-refractivity contribution in [2.45, 2.75) is 6.92 Å². The van der Waals surface area contributed by atoms with Crippen LogP contribution in [0.3, 0.4) is 0 Å². The highest BCUT2D eigenvalue weighted by molar-refractivity contribution is 5.98. The van der Waals surface area contributed by atoms with E-state index in [-0.39, 0.29) is 0 Å². The Hall–Kier alpha value is -1.83. The van der Waals surface area contributed by atoms with Crippen LogP contribution in [0, 0.1) is 6.92 Å². The first-order chi connectivity index (χ1) is 6.84. The normalized spacial score (nSPS) is 12.9. The molecule has 2 heteroatoms. The topological polar surface area (TPSA) is 27.0 Å². The molecule has 2 nitrogen and oxygen atoms in total. The summed E-state index contributed by atoms with van der Waals surface area (Å²) in [6, 6.07) is 6.21. The fraction of sp³-hybridized carbons (Fsp3) is 0.0833. The molecule has 0 N–H and O–H groups in total. The molecule has 1 aliphatic heterocycles. The van der Waals surface area contributed by atoms with E-state index in [1.807, 2.05) is 24.5 Å². The molecular formula is C12H9N2. The summed E-state index contributed by atoms with van der Waals surface area (Å²) in [5.74, 6) is 0. The second-order valence-corrected chi connectivity index (χ2v) is 3.52. The summed E-state index contributed by atoms with van der Waals surface area (Å²) in [6.07, 6.45) is 5.71. The second-order valence-electron chi connectivity index (χ2n) is 3.52. The van der Waals surface area contributed by atoms with Gasteiger partial charge in [-0.15, -0.1) is 0 Å². The van der Waals surface area contributed by atoms with Gasteiger partial charge in [0.25, 0.3) is 0 Å². The van der Waals surface area contributed by atoms with E-state index in [0.717, 1.165) is 11.2 Å². The summed E-state index contributed by atoms with van der Waals surface area (Å²) in [4.78, 5) is 4.35. The van der Waals surface area contributed by atoms with Gasteiger partial charge < -0.3 is 0 Å². The first-order valence-corrected chi connectivity index (χ1v) is 4.61. The minimum absolute atomic E-state index is 1.03. The predicted octanol–water partition coefficient (Wildman–Crippen LogP) is 2.76. The second kappa shape index (κ2) is 2.58. The molecule has 0 bridgehead atoms. The average molecular weight is 181 g/mol. The molecular weight excluding hydrogens is 172 g/mol. The number of aryl methyl sites for hydroxylation is 1. The quantitative estimate of drug-likeness (QED) is 0.614. The van der Waals surface area contributed by atoms with Gasteiger partial charge in [-0.05, 0) is 42.3 Å². The molecule has 67 valence electrons. The van der Waals surface area contributed by atoms with Gasteiger partial charge in [-0.25, -0.2) is 0 Å². The summed E-state index contributed by atoms with van der Waals surface area (Å²) in [6.45, 7) is 2.07. The lowest BCUT2D eigenvalue weighted by molar-refractivity contribution is 1.18. The Bertz CT molecular complexity index is 541. The number of aromatic nitrogens is 1. The minimum Gasteiger partial charge on any atom is -0.256 e. The standard InChI is InChI=1S/C12H9N2/c1-8-6-10-12-9(2-4-13-10)3-5-14-11(12)7-8/h2-7H,1H3. The maximum Gasteiger partial charge on any atom is 0.0732 e. The van der Waals surface area contributed by atoms with E-state index in [0.29, 0.717) is 0 Å². The van der Waals surface area contributed by atoms with Gasteiger partial charge in [0.2, 0.25) is 0 Å². The first kappa shape index (κ1) is 7.56. The summed E-state index contributed by atoms with van der Waals surface area (Å²) in [5, 5.41) is 5.52. The molecule has 0 saturated carbocycles. The number of rotatable bonds is 0.